The molecule has 1 saturated heterocycles. The second kappa shape index (κ2) is 5.87. The number of nitrogen functional groups attached to an aromatic ring is 1. The van der Waals surface area contributed by atoms with E-state index in [1.54, 1.807) is 0 Å². The van der Waals surface area contributed by atoms with Crippen LogP contribution in [0.4, 0.5) is 11.5 Å². The van der Waals surface area contributed by atoms with Crippen molar-refractivity contribution in [1.82, 2.24) is 9.88 Å². The molecule has 1 aromatic heterocycles. The maximum absolute atomic E-state index is 9.02. The van der Waals surface area contributed by atoms with E-state index < -0.39 is 0 Å². The molecule has 0 radical (unpaired) electrons. The summed E-state index contributed by atoms with van der Waals surface area (Å²) in [6.45, 7) is 6.79. The number of fused-ring (bicyclic) bond motifs is 1. The fourth-order valence-electron chi connectivity index (χ4n) is 2.95. The summed E-state index contributed by atoms with van der Waals surface area (Å²) in [5, 5.41) is 11.2. The Balaban J connectivity index is 1.90. The van der Waals surface area contributed by atoms with Crippen molar-refractivity contribution in [3.63, 3.8) is 0 Å². The van der Waals surface area contributed by atoms with E-state index in [1.807, 2.05) is 19.2 Å². The maximum atomic E-state index is 9.02. The summed E-state index contributed by atoms with van der Waals surface area (Å²) in [5.74, 6) is 1.02. The van der Waals surface area contributed by atoms with Gasteiger partial charge in [0.2, 0.25) is 0 Å². The topological polar surface area (TPSA) is 65.6 Å². The Bertz CT molecular complexity index is 635. The number of benzene rings is 1. The van der Waals surface area contributed by atoms with E-state index in [0.717, 1.165) is 60.6 Å². The first kappa shape index (κ1) is 14.1. The van der Waals surface area contributed by atoms with Crippen LogP contribution in [-0.2, 0) is 0 Å². The average Bonchev–Trinajstić information content (AvgIpc) is 2.52. The molecule has 0 atom stereocenters. The van der Waals surface area contributed by atoms with Gasteiger partial charge >= 0.3 is 0 Å². The second-order valence-corrected chi connectivity index (χ2v) is 5.58. The Morgan fingerprint density at radius 3 is 2.62 bits per heavy atom. The zero-order chi connectivity index (χ0) is 14.8. The summed E-state index contributed by atoms with van der Waals surface area (Å²) in [6.07, 6.45) is 1.84. The van der Waals surface area contributed by atoms with Gasteiger partial charge in [0.1, 0.15) is 5.82 Å². The van der Waals surface area contributed by atoms with Crippen LogP contribution in [0.5, 0.6) is 0 Å². The number of nitrogens with two attached hydrogens (primary N) is 1. The summed E-state index contributed by atoms with van der Waals surface area (Å²) >= 11 is 0. The first-order valence-corrected chi connectivity index (χ1v) is 7.42. The highest BCUT2D eigenvalue weighted by molar-refractivity contribution is 6.00. The normalized spacial score (nSPS) is 16.6. The minimum absolute atomic E-state index is 0.225. The number of aliphatic hydroxyl groups is 1. The number of hydrogen-bond donors (Lipinski definition) is 2. The van der Waals surface area contributed by atoms with Crippen molar-refractivity contribution in [2.45, 2.75) is 6.92 Å². The van der Waals surface area contributed by atoms with Crippen LogP contribution in [0.3, 0.4) is 0 Å². The quantitative estimate of drug-likeness (QED) is 0.831. The van der Waals surface area contributed by atoms with Gasteiger partial charge in [-0.1, -0.05) is 12.1 Å². The molecule has 1 aliphatic heterocycles. The van der Waals surface area contributed by atoms with Gasteiger partial charge in [0.05, 0.1) is 6.61 Å². The molecule has 21 heavy (non-hydrogen) atoms. The third-order valence-electron chi connectivity index (χ3n) is 4.27. The minimum Gasteiger partial charge on any atom is -0.398 e. The summed E-state index contributed by atoms with van der Waals surface area (Å²) in [7, 11) is 0. The molecule has 0 saturated carbocycles. The highest BCUT2D eigenvalue weighted by Crippen LogP contribution is 2.30. The maximum Gasteiger partial charge on any atom is 0.136 e. The fourth-order valence-corrected chi connectivity index (χ4v) is 2.95. The van der Waals surface area contributed by atoms with E-state index >= 15 is 0 Å². The number of β-amino-alcohol motifs (C(OH)–C–C–N with tert-alkyl or cyclic N) is 1. The van der Waals surface area contributed by atoms with Crippen LogP contribution < -0.4 is 10.6 Å². The molecular formula is C16H22N4O. The molecular weight excluding hydrogens is 264 g/mol. The largest absolute Gasteiger partial charge is 0.398 e. The molecule has 1 aromatic carbocycles. The predicted octanol–water partition coefficient (Wildman–Crippen LogP) is 1.24. The zero-order valence-electron chi connectivity index (χ0n) is 12.4. The molecule has 1 fully saturated rings. The Morgan fingerprint density at radius 2 is 1.90 bits per heavy atom. The first-order chi connectivity index (χ1) is 10.2. The number of aliphatic hydroxyl groups excluding tert-OH is 1. The molecule has 5 heteroatoms. The molecule has 2 aromatic rings. The number of piperazine rings is 1. The lowest BCUT2D eigenvalue weighted by molar-refractivity contribution is 0.188. The molecule has 0 aliphatic carbocycles. The monoisotopic (exact) mass is 286 g/mol. The van der Waals surface area contributed by atoms with Gasteiger partial charge in [-0.2, -0.15) is 0 Å². The van der Waals surface area contributed by atoms with Crippen LogP contribution in [0.25, 0.3) is 10.8 Å². The summed E-state index contributed by atoms with van der Waals surface area (Å²) in [6, 6.07) is 6.16. The van der Waals surface area contributed by atoms with Gasteiger partial charge in [-0.05, 0) is 18.6 Å². The molecule has 0 bridgehead atoms. The first-order valence-electron chi connectivity index (χ1n) is 7.42. The molecule has 3 rings (SSSR count). The SMILES string of the molecule is Cc1ccc2c(N3CCN(CCO)CC3)nccc2c1N. The van der Waals surface area contributed by atoms with E-state index in [2.05, 4.69) is 26.9 Å². The molecule has 5 nitrogen and oxygen atoms in total. The number of aryl methyl sites for hydroxylation is 1. The second-order valence-electron chi connectivity index (χ2n) is 5.58. The van der Waals surface area contributed by atoms with E-state index in [0.29, 0.717) is 0 Å². The van der Waals surface area contributed by atoms with Crippen LogP contribution in [0, 0.1) is 6.92 Å². The predicted molar refractivity (Wildman–Crippen MR) is 86.6 cm³/mol. The highest BCUT2D eigenvalue weighted by Gasteiger charge is 2.19. The Kier molecular flexibility index (Phi) is 3.94. The van der Waals surface area contributed by atoms with Gasteiger partial charge in [0, 0.05) is 55.4 Å². The Hall–Kier alpha value is -1.85. The lowest BCUT2D eigenvalue weighted by Gasteiger charge is -2.35. The van der Waals surface area contributed by atoms with Crippen LogP contribution in [0.1, 0.15) is 5.56 Å². The molecule has 112 valence electrons. The van der Waals surface area contributed by atoms with Gasteiger partial charge in [-0.3, -0.25) is 4.90 Å². The minimum atomic E-state index is 0.225. The molecule has 3 N–H and O–H groups in total. The van der Waals surface area contributed by atoms with Crippen LogP contribution >= 0.6 is 0 Å². The number of hydrogen-bond acceptors (Lipinski definition) is 5. The van der Waals surface area contributed by atoms with Crippen molar-refractivity contribution in [1.29, 1.82) is 0 Å². The third-order valence-corrected chi connectivity index (χ3v) is 4.27. The summed E-state index contributed by atoms with van der Waals surface area (Å²) in [4.78, 5) is 9.16. The van der Waals surface area contributed by atoms with Crippen molar-refractivity contribution in [2.75, 3.05) is 50.0 Å². The van der Waals surface area contributed by atoms with Gasteiger partial charge in [-0.25, -0.2) is 4.98 Å². The van der Waals surface area contributed by atoms with E-state index in [4.69, 9.17) is 10.8 Å². The summed E-state index contributed by atoms with van der Waals surface area (Å²) in [5.41, 5.74) is 8.14. The lowest BCUT2D eigenvalue weighted by atomic mass is 10.1. The fraction of sp³-hybridized carbons (Fsp3) is 0.438. The average molecular weight is 286 g/mol. The van der Waals surface area contributed by atoms with Crippen molar-refractivity contribution in [3.8, 4) is 0 Å². The van der Waals surface area contributed by atoms with Gasteiger partial charge in [0.25, 0.3) is 0 Å². The van der Waals surface area contributed by atoms with Crippen molar-refractivity contribution >= 4 is 22.3 Å². The van der Waals surface area contributed by atoms with Crippen LogP contribution in [-0.4, -0.2) is 54.3 Å². The van der Waals surface area contributed by atoms with Gasteiger partial charge in [0.15, 0.2) is 0 Å². The number of nitrogens with zero attached hydrogens (tertiary/aromatic N) is 3. The van der Waals surface area contributed by atoms with Crippen molar-refractivity contribution < 1.29 is 5.11 Å². The Morgan fingerprint density at radius 1 is 1.14 bits per heavy atom. The van der Waals surface area contributed by atoms with E-state index in [-0.39, 0.29) is 6.61 Å². The highest BCUT2D eigenvalue weighted by atomic mass is 16.3. The smallest absolute Gasteiger partial charge is 0.136 e. The van der Waals surface area contributed by atoms with Crippen LogP contribution in [0.15, 0.2) is 24.4 Å². The molecule has 0 spiro atoms. The number of pyridine rings is 1. The molecule has 0 unspecified atom stereocenters. The van der Waals surface area contributed by atoms with E-state index in [9.17, 15) is 0 Å². The third kappa shape index (κ3) is 2.66. The zero-order valence-corrected chi connectivity index (χ0v) is 12.4. The Labute approximate surface area is 125 Å². The van der Waals surface area contributed by atoms with Crippen LogP contribution in [0.2, 0.25) is 0 Å². The van der Waals surface area contributed by atoms with Crippen molar-refractivity contribution in [2.24, 2.45) is 0 Å². The number of aromatic nitrogens is 1. The molecule has 2 heterocycles. The van der Waals surface area contributed by atoms with Crippen molar-refractivity contribution in [3.05, 3.63) is 30.0 Å². The van der Waals surface area contributed by atoms with Gasteiger partial charge < -0.3 is 15.7 Å². The molecule has 1 aliphatic rings. The van der Waals surface area contributed by atoms with E-state index in [1.165, 1.54) is 0 Å². The molecule has 0 amide bonds. The summed E-state index contributed by atoms with van der Waals surface area (Å²) < 4.78 is 0. The number of rotatable bonds is 3. The number of anilines is 2. The lowest BCUT2D eigenvalue weighted by Crippen LogP contribution is -2.47. The standard InChI is InChI=1S/C16H22N4O/c1-12-2-3-14-13(15(12)17)4-5-18-16(14)20-8-6-19(7-9-20)10-11-21/h2-5,21H,6-11,17H2,1H3. The van der Waals surface area contributed by atoms with Gasteiger partial charge in [-0.15, -0.1) is 0 Å².